The minimum absolute atomic E-state index is 0.0377. The number of aromatic nitrogens is 1. The van der Waals surface area contributed by atoms with Crippen molar-refractivity contribution in [2.24, 2.45) is 7.05 Å². The number of nitrogens with zero attached hydrogens (tertiary/aromatic N) is 2. The number of amides is 1. The van der Waals surface area contributed by atoms with Crippen molar-refractivity contribution in [3.05, 3.63) is 46.2 Å². The average Bonchev–Trinajstić information content (AvgIpc) is 3.32. The SMILES string of the molecule is CCOC(=O)c1cc(S(=O)(=O)N2CCCC2C(=O)Nc2ccc(C)cc2Br)cn1C. The third-order valence-electron chi connectivity index (χ3n) is 4.96. The number of anilines is 1. The molecule has 0 spiro atoms. The molecular weight excluding hydrogens is 474 g/mol. The van der Waals surface area contributed by atoms with Crippen LogP contribution in [0.5, 0.6) is 0 Å². The number of halogens is 1. The van der Waals surface area contributed by atoms with Gasteiger partial charge in [0.2, 0.25) is 15.9 Å². The van der Waals surface area contributed by atoms with E-state index in [9.17, 15) is 18.0 Å². The molecular formula is C20H24BrN3O5S. The Morgan fingerprint density at radius 3 is 2.70 bits per heavy atom. The van der Waals surface area contributed by atoms with Crippen molar-refractivity contribution in [3.8, 4) is 0 Å². The molecule has 30 heavy (non-hydrogen) atoms. The normalized spacial score (nSPS) is 17.1. The molecule has 2 heterocycles. The van der Waals surface area contributed by atoms with Gasteiger partial charge >= 0.3 is 5.97 Å². The first-order valence-corrected chi connectivity index (χ1v) is 11.8. The highest BCUT2D eigenvalue weighted by molar-refractivity contribution is 9.10. The van der Waals surface area contributed by atoms with Crippen LogP contribution < -0.4 is 5.32 Å². The van der Waals surface area contributed by atoms with Crippen molar-refractivity contribution >= 4 is 43.5 Å². The highest BCUT2D eigenvalue weighted by Crippen LogP contribution is 2.29. The Labute approximate surface area is 184 Å². The lowest BCUT2D eigenvalue weighted by Crippen LogP contribution is -2.43. The van der Waals surface area contributed by atoms with E-state index in [4.69, 9.17) is 4.74 Å². The van der Waals surface area contributed by atoms with Crippen molar-refractivity contribution in [2.75, 3.05) is 18.5 Å². The standard InChI is InChI=1S/C20H24BrN3O5S/c1-4-29-20(26)18-11-14(12-23(18)3)30(27,28)24-9-5-6-17(24)19(25)22-16-8-7-13(2)10-15(16)21/h7-8,10-12,17H,4-6,9H2,1-3H3,(H,22,25). The van der Waals surface area contributed by atoms with Gasteiger partial charge in [-0.05, 0) is 66.4 Å². The molecule has 1 saturated heterocycles. The van der Waals surface area contributed by atoms with E-state index in [2.05, 4.69) is 21.2 Å². The second-order valence-electron chi connectivity index (χ2n) is 7.14. The molecule has 1 aromatic carbocycles. The van der Waals surface area contributed by atoms with Gasteiger partial charge in [0.25, 0.3) is 0 Å². The van der Waals surface area contributed by atoms with Gasteiger partial charge in [-0.3, -0.25) is 4.79 Å². The summed E-state index contributed by atoms with van der Waals surface area (Å²) in [6.07, 6.45) is 2.36. The molecule has 0 bridgehead atoms. The predicted octanol–water partition coefficient (Wildman–Crippen LogP) is 3.06. The van der Waals surface area contributed by atoms with E-state index < -0.39 is 22.0 Å². The summed E-state index contributed by atoms with van der Waals surface area (Å²) in [6, 6.07) is 5.98. The first-order valence-electron chi connectivity index (χ1n) is 9.57. The zero-order valence-electron chi connectivity index (χ0n) is 17.0. The molecule has 0 aliphatic carbocycles. The third kappa shape index (κ3) is 4.45. The Kier molecular flexibility index (Phi) is 6.68. The van der Waals surface area contributed by atoms with Gasteiger partial charge < -0.3 is 14.6 Å². The molecule has 1 N–H and O–H groups in total. The maximum atomic E-state index is 13.2. The van der Waals surface area contributed by atoms with Crippen molar-refractivity contribution in [2.45, 2.75) is 37.6 Å². The van der Waals surface area contributed by atoms with Gasteiger partial charge in [0.05, 0.1) is 12.3 Å². The van der Waals surface area contributed by atoms with E-state index in [1.54, 1.807) is 20.0 Å². The summed E-state index contributed by atoms with van der Waals surface area (Å²) in [5, 5.41) is 2.81. The van der Waals surface area contributed by atoms with Gasteiger partial charge in [-0.25, -0.2) is 13.2 Å². The third-order valence-corrected chi connectivity index (χ3v) is 7.49. The smallest absolute Gasteiger partial charge is 0.354 e. The van der Waals surface area contributed by atoms with Gasteiger partial charge in [0, 0.05) is 24.3 Å². The summed E-state index contributed by atoms with van der Waals surface area (Å²) < 4.78 is 34.8. The lowest BCUT2D eigenvalue weighted by atomic mass is 10.2. The zero-order chi connectivity index (χ0) is 22.1. The maximum Gasteiger partial charge on any atom is 0.354 e. The summed E-state index contributed by atoms with van der Waals surface area (Å²) in [6.45, 7) is 4.04. The van der Waals surface area contributed by atoms with Crippen LogP contribution in [0.4, 0.5) is 5.69 Å². The lowest BCUT2D eigenvalue weighted by Gasteiger charge is -2.23. The largest absolute Gasteiger partial charge is 0.461 e. The number of hydrogen-bond acceptors (Lipinski definition) is 5. The van der Waals surface area contributed by atoms with Crippen molar-refractivity contribution in [1.82, 2.24) is 8.87 Å². The van der Waals surface area contributed by atoms with E-state index in [0.717, 1.165) is 10.0 Å². The molecule has 1 aliphatic heterocycles. The van der Waals surface area contributed by atoms with Crippen LogP contribution in [0.2, 0.25) is 0 Å². The van der Waals surface area contributed by atoms with Gasteiger partial charge in [-0.15, -0.1) is 0 Å². The number of sulfonamides is 1. The Morgan fingerprint density at radius 2 is 2.03 bits per heavy atom. The lowest BCUT2D eigenvalue weighted by molar-refractivity contribution is -0.119. The van der Waals surface area contributed by atoms with E-state index in [1.165, 1.54) is 21.1 Å². The molecule has 1 atom stereocenters. The zero-order valence-corrected chi connectivity index (χ0v) is 19.4. The number of benzene rings is 1. The molecule has 1 fully saturated rings. The van der Waals surface area contributed by atoms with E-state index in [0.29, 0.717) is 18.5 Å². The second-order valence-corrected chi connectivity index (χ2v) is 9.88. The van der Waals surface area contributed by atoms with Crippen LogP contribution in [0.3, 0.4) is 0 Å². The number of hydrogen-bond donors (Lipinski definition) is 1. The van der Waals surface area contributed by atoms with Crippen LogP contribution in [0.15, 0.2) is 39.8 Å². The van der Waals surface area contributed by atoms with Gasteiger partial charge in [0.15, 0.2) is 0 Å². The van der Waals surface area contributed by atoms with Crippen molar-refractivity contribution in [1.29, 1.82) is 0 Å². The molecule has 2 aromatic rings. The first kappa shape index (κ1) is 22.5. The summed E-state index contributed by atoms with van der Waals surface area (Å²) >= 11 is 3.42. The molecule has 162 valence electrons. The number of ether oxygens (including phenoxy) is 1. The number of nitrogens with one attached hydrogen (secondary N) is 1. The number of carbonyl (C=O) groups is 2. The van der Waals surface area contributed by atoms with Gasteiger partial charge in [-0.2, -0.15) is 4.31 Å². The summed E-state index contributed by atoms with van der Waals surface area (Å²) in [5.74, 6) is -0.983. The molecule has 8 nitrogen and oxygen atoms in total. The van der Waals surface area contributed by atoms with Crippen LogP contribution in [0, 0.1) is 6.92 Å². The molecule has 3 rings (SSSR count). The average molecular weight is 498 g/mol. The van der Waals surface area contributed by atoms with Crippen molar-refractivity contribution in [3.63, 3.8) is 0 Å². The van der Waals surface area contributed by atoms with E-state index >= 15 is 0 Å². The van der Waals surface area contributed by atoms with Crippen molar-refractivity contribution < 1.29 is 22.7 Å². The molecule has 1 aliphatic rings. The monoisotopic (exact) mass is 497 g/mol. The predicted molar refractivity (Wildman–Crippen MR) is 116 cm³/mol. The van der Waals surface area contributed by atoms with Crippen LogP contribution in [-0.2, 0) is 26.6 Å². The molecule has 10 heteroatoms. The minimum atomic E-state index is -3.96. The number of rotatable bonds is 6. The molecule has 1 amide bonds. The highest BCUT2D eigenvalue weighted by atomic mass is 79.9. The molecule has 0 radical (unpaired) electrons. The quantitative estimate of drug-likeness (QED) is 0.618. The first-order chi connectivity index (χ1) is 14.1. The second kappa shape index (κ2) is 8.91. The minimum Gasteiger partial charge on any atom is -0.461 e. The Bertz CT molecular complexity index is 1080. The Morgan fingerprint density at radius 1 is 1.30 bits per heavy atom. The van der Waals surface area contributed by atoms with E-state index in [1.807, 2.05) is 19.1 Å². The highest BCUT2D eigenvalue weighted by Gasteiger charge is 2.40. The van der Waals surface area contributed by atoms with E-state index in [-0.39, 0.29) is 29.6 Å². The van der Waals surface area contributed by atoms with Crippen LogP contribution in [0.1, 0.15) is 35.8 Å². The molecule has 1 unspecified atom stereocenters. The summed E-state index contributed by atoms with van der Waals surface area (Å²) in [5.41, 5.74) is 1.75. The van der Waals surface area contributed by atoms with Crippen LogP contribution >= 0.6 is 15.9 Å². The fourth-order valence-electron chi connectivity index (χ4n) is 3.45. The maximum absolute atomic E-state index is 13.2. The van der Waals surface area contributed by atoms with Gasteiger partial charge in [-0.1, -0.05) is 6.07 Å². The molecule has 1 aromatic heterocycles. The number of carbonyl (C=O) groups excluding carboxylic acids is 2. The molecule has 0 saturated carbocycles. The fourth-order valence-corrected chi connectivity index (χ4v) is 5.77. The Hall–Kier alpha value is -2.17. The number of esters is 1. The van der Waals surface area contributed by atoms with Crippen LogP contribution in [-0.4, -0.2) is 48.4 Å². The summed E-state index contributed by atoms with van der Waals surface area (Å²) in [7, 11) is -2.38. The Balaban J connectivity index is 1.84. The van der Waals surface area contributed by atoms with Gasteiger partial charge in [0.1, 0.15) is 16.6 Å². The summed E-state index contributed by atoms with van der Waals surface area (Å²) in [4.78, 5) is 24.9. The number of aryl methyl sites for hydroxylation is 2. The van der Waals surface area contributed by atoms with Crippen LogP contribution in [0.25, 0.3) is 0 Å². The topological polar surface area (TPSA) is 97.7 Å². The fraction of sp³-hybridized carbons (Fsp3) is 0.400.